The van der Waals surface area contributed by atoms with Gasteiger partial charge >= 0.3 is 0 Å². The van der Waals surface area contributed by atoms with E-state index in [4.69, 9.17) is 0 Å². The van der Waals surface area contributed by atoms with E-state index < -0.39 is 0 Å². The van der Waals surface area contributed by atoms with Crippen LogP contribution in [0.4, 0.5) is 0 Å². The highest BCUT2D eigenvalue weighted by Gasteiger charge is 2.49. The first kappa shape index (κ1) is 12.9. The van der Waals surface area contributed by atoms with Crippen molar-refractivity contribution in [1.29, 1.82) is 0 Å². The molecule has 0 radical (unpaired) electrons. The van der Waals surface area contributed by atoms with Gasteiger partial charge in [-0.2, -0.15) is 0 Å². The summed E-state index contributed by atoms with van der Waals surface area (Å²) < 4.78 is 0. The summed E-state index contributed by atoms with van der Waals surface area (Å²) in [6.07, 6.45) is 6.94. The zero-order valence-corrected chi connectivity index (χ0v) is 11.8. The minimum Gasteiger partial charge on any atom is -0.353 e. The molecular weight excluding hydrogens is 210 g/mol. The molecule has 1 unspecified atom stereocenters. The Balaban J connectivity index is 2.09. The lowest BCUT2D eigenvalue weighted by atomic mass is 9.61. The maximum Gasteiger partial charge on any atom is 0.220 e. The minimum atomic E-state index is 0.287. The highest BCUT2D eigenvalue weighted by atomic mass is 16.2. The first-order valence-corrected chi connectivity index (χ1v) is 7.12. The van der Waals surface area contributed by atoms with E-state index in [0.717, 1.165) is 12.8 Å². The molecule has 2 fully saturated rings. The van der Waals surface area contributed by atoms with Gasteiger partial charge in [-0.1, -0.05) is 27.7 Å². The standard InChI is InChI=1S/C15H27NO/c1-11(2)9-12-15(10-13(17)16-12)7-5-14(3,4)6-8-15/h11-12H,5-10H2,1-4H3,(H,16,17). The zero-order chi connectivity index (χ0) is 12.7. The number of hydrogen-bond donors (Lipinski definition) is 1. The predicted octanol–water partition coefficient (Wildman–Crippen LogP) is 3.51. The quantitative estimate of drug-likeness (QED) is 0.782. The van der Waals surface area contributed by atoms with Gasteiger partial charge in [0.25, 0.3) is 0 Å². The summed E-state index contributed by atoms with van der Waals surface area (Å²) in [4.78, 5) is 11.8. The van der Waals surface area contributed by atoms with Crippen LogP contribution < -0.4 is 5.32 Å². The molecule has 0 bridgehead atoms. The predicted molar refractivity (Wildman–Crippen MR) is 70.7 cm³/mol. The Labute approximate surface area is 106 Å². The summed E-state index contributed by atoms with van der Waals surface area (Å²) >= 11 is 0. The SMILES string of the molecule is CC(C)CC1NC(=O)CC12CCC(C)(C)CC2. The Morgan fingerprint density at radius 3 is 2.35 bits per heavy atom. The third-order valence-corrected chi connectivity index (χ3v) is 4.89. The fourth-order valence-corrected chi connectivity index (χ4v) is 3.57. The molecular formula is C15H27NO. The van der Waals surface area contributed by atoms with E-state index in [1.807, 2.05) is 0 Å². The molecule has 1 heterocycles. The molecule has 1 saturated heterocycles. The molecule has 1 amide bonds. The van der Waals surface area contributed by atoms with Crippen molar-refractivity contribution < 1.29 is 4.79 Å². The van der Waals surface area contributed by atoms with Crippen LogP contribution in [0.3, 0.4) is 0 Å². The van der Waals surface area contributed by atoms with E-state index >= 15 is 0 Å². The number of rotatable bonds is 2. The van der Waals surface area contributed by atoms with Gasteiger partial charge in [-0.15, -0.1) is 0 Å². The summed E-state index contributed by atoms with van der Waals surface area (Å²) in [5.74, 6) is 0.959. The lowest BCUT2D eigenvalue weighted by Crippen LogP contribution is -2.42. The molecule has 1 N–H and O–H groups in total. The second kappa shape index (κ2) is 4.29. The normalized spacial score (nSPS) is 30.9. The number of amides is 1. The van der Waals surface area contributed by atoms with Gasteiger partial charge in [0.1, 0.15) is 0 Å². The molecule has 1 aliphatic carbocycles. The molecule has 1 aliphatic heterocycles. The van der Waals surface area contributed by atoms with Gasteiger partial charge in [-0.25, -0.2) is 0 Å². The van der Waals surface area contributed by atoms with Gasteiger partial charge < -0.3 is 5.32 Å². The van der Waals surface area contributed by atoms with Crippen LogP contribution in [0, 0.1) is 16.7 Å². The summed E-state index contributed by atoms with van der Waals surface area (Å²) in [7, 11) is 0. The molecule has 1 saturated carbocycles. The van der Waals surface area contributed by atoms with Gasteiger partial charge in [0.05, 0.1) is 0 Å². The Morgan fingerprint density at radius 2 is 1.82 bits per heavy atom. The fourth-order valence-electron chi connectivity index (χ4n) is 3.57. The highest BCUT2D eigenvalue weighted by Crippen LogP contribution is 2.51. The molecule has 2 heteroatoms. The van der Waals surface area contributed by atoms with E-state index in [-0.39, 0.29) is 11.3 Å². The Kier molecular flexibility index (Phi) is 3.26. The van der Waals surface area contributed by atoms with Crippen LogP contribution in [0.5, 0.6) is 0 Å². The molecule has 1 spiro atoms. The topological polar surface area (TPSA) is 29.1 Å². The van der Waals surface area contributed by atoms with E-state index in [1.165, 1.54) is 25.7 Å². The summed E-state index contributed by atoms with van der Waals surface area (Å²) in [6.45, 7) is 9.24. The van der Waals surface area contributed by atoms with Crippen LogP contribution in [0.25, 0.3) is 0 Å². The van der Waals surface area contributed by atoms with Crippen molar-refractivity contribution in [2.45, 2.75) is 72.3 Å². The van der Waals surface area contributed by atoms with E-state index in [1.54, 1.807) is 0 Å². The molecule has 0 aromatic heterocycles. The maximum absolute atomic E-state index is 11.8. The molecule has 0 aromatic carbocycles. The van der Waals surface area contributed by atoms with Crippen LogP contribution in [-0.4, -0.2) is 11.9 Å². The first-order chi connectivity index (χ1) is 7.83. The fraction of sp³-hybridized carbons (Fsp3) is 0.933. The van der Waals surface area contributed by atoms with Gasteiger partial charge in [0.2, 0.25) is 5.91 Å². The molecule has 1 atom stereocenters. The maximum atomic E-state index is 11.8. The second-order valence-corrected chi connectivity index (χ2v) is 7.45. The van der Waals surface area contributed by atoms with E-state index in [9.17, 15) is 4.79 Å². The van der Waals surface area contributed by atoms with Crippen molar-refractivity contribution in [1.82, 2.24) is 5.32 Å². The van der Waals surface area contributed by atoms with Crippen molar-refractivity contribution in [3.63, 3.8) is 0 Å². The van der Waals surface area contributed by atoms with Crippen molar-refractivity contribution in [2.75, 3.05) is 0 Å². The van der Waals surface area contributed by atoms with Gasteiger partial charge in [-0.3, -0.25) is 4.79 Å². The van der Waals surface area contributed by atoms with Crippen LogP contribution in [0.2, 0.25) is 0 Å². The minimum absolute atomic E-state index is 0.287. The number of hydrogen-bond acceptors (Lipinski definition) is 1. The van der Waals surface area contributed by atoms with Crippen LogP contribution in [0.15, 0.2) is 0 Å². The van der Waals surface area contributed by atoms with Crippen molar-refractivity contribution in [2.24, 2.45) is 16.7 Å². The van der Waals surface area contributed by atoms with Gasteiger partial charge in [-0.05, 0) is 48.9 Å². The summed E-state index contributed by atoms with van der Waals surface area (Å²) in [5, 5.41) is 3.23. The monoisotopic (exact) mass is 237 g/mol. The average Bonchev–Trinajstić information content (AvgIpc) is 2.48. The molecule has 2 aliphatic rings. The third kappa shape index (κ3) is 2.66. The first-order valence-electron chi connectivity index (χ1n) is 7.12. The van der Waals surface area contributed by atoms with Crippen molar-refractivity contribution >= 4 is 5.91 Å². The summed E-state index contributed by atoms with van der Waals surface area (Å²) in [6, 6.07) is 0.436. The second-order valence-electron chi connectivity index (χ2n) is 7.45. The van der Waals surface area contributed by atoms with Crippen molar-refractivity contribution in [3.05, 3.63) is 0 Å². The summed E-state index contributed by atoms with van der Waals surface area (Å²) in [5.41, 5.74) is 0.774. The van der Waals surface area contributed by atoms with Crippen LogP contribution in [0.1, 0.15) is 66.2 Å². The number of carbonyl (C=O) groups is 1. The van der Waals surface area contributed by atoms with Gasteiger partial charge in [0.15, 0.2) is 0 Å². The van der Waals surface area contributed by atoms with Crippen LogP contribution >= 0.6 is 0 Å². The average molecular weight is 237 g/mol. The molecule has 2 nitrogen and oxygen atoms in total. The van der Waals surface area contributed by atoms with Crippen molar-refractivity contribution in [3.8, 4) is 0 Å². The lowest BCUT2D eigenvalue weighted by molar-refractivity contribution is -0.120. The Morgan fingerprint density at radius 1 is 1.24 bits per heavy atom. The highest BCUT2D eigenvalue weighted by molar-refractivity contribution is 5.80. The smallest absolute Gasteiger partial charge is 0.220 e. The zero-order valence-electron chi connectivity index (χ0n) is 11.8. The molecule has 2 rings (SSSR count). The number of carbonyl (C=O) groups excluding carboxylic acids is 1. The lowest BCUT2D eigenvalue weighted by Gasteiger charge is -2.44. The van der Waals surface area contributed by atoms with E-state index in [0.29, 0.717) is 17.4 Å². The van der Waals surface area contributed by atoms with E-state index in [2.05, 4.69) is 33.0 Å². The number of nitrogens with one attached hydrogen (secondary N) is 1. The molecule has 17 heavy (non-hydrogen) atoms. The third-order valence-electron chi connectivity index (χ3n) is 4.89. The molecule has 0 aromatic rings. The van der Waals surface area contributed by atoms with Crippen LogP contribution in [-0.2, 0) is 4.79 Å². The van der Waals surface area contributed by atoms with Gasteiger partial charge in [0, 0.05) is 12.5 Å². The Hall–Kier alpha value is -0.530. The Bertz CT molecular complexity index is 296. The molecule has 98 valence electrons. The largest absolute Gasteiger partial charge is 0.353 e.